The van der Waals surface area contributed by atoms with Gasteiger partial charge in [-0.25, -0.2) is 0 Å². The molecule has 0 saturated heterocycles. The van der Waals surface area contributed by atoms with E-state index in [0.29, 0.717) is 6.54 Å². The summed E-state index contributed by atoms with van der Waals surface area (Å²) in [5.74, 6) is -0.322. The Morgan fingerprint density at radius 3 is 2.70 bits per heavy atom. The molecule has 4 heteroatoms. The van der Waals surface area contributed by atoms with E-state index in [1.54, 1.807) is 6.92 Å². The predicted octanol–water partition coefficient (Wildman–Crippen LogP) is -0.129. The third kappa shape index (κ3) is 4.29. The Kier molecular flexibility index (Phi) is 4.88. The van der Waals surface area contributed by atoms with Gasteiger partial charge in [-0.05, 0) is 6.92 Å². The molecule has 0 rings (SSSR count). The van der Waals surface area contributed by atoms with Gasteiger partial charge in [-0.1, -0.05) is 0 Å². The fourth-order valence-corrected chi connectivity index (χ4v) is 0.410. The average Bonchev–Trinajstić information content (AvgIpc) is 1.88. The van der Waals surface area contributed by atoms with E-state index in [-0.39, 0.29) is 12.4 Å². The van der Waals surface area contributed by atoms with Crippen LogP contribution in [0.2, 0.25) is 0 Å². The number of nitrogens with two attached hydrogens (primary N) is 1. The maximum absolute atomic E-state index is 10.6. The molecule has 0 aliphatic heterocycles. The minimum absolute atomic E-state index is 0.244. The number of ether oxygens (including phenoxy) is 2. The Balaban J connectivity index is 3.37. The molecule has 0 radical (unpaired) electrons. The SMILES string of the molecule is COC(C)OC(=O)CCN. The summed E-state index contributed by atoms with van der Waals surface area (Å²) in [6.07, 6.45) is -0.229. The van der Waals surface area contributed by atoms with Gasteiger partial charge in [0.1, 0.15) is 0 Å². The highest BCUT2D eigenvalue weighted by molar-refractivity contribution is 5.69. The monoisotopic (exact) mass is 147 g/mol. The first kappa shape index (κ1) is 9.39. The Bertz CT molecular complexity index is 105. The van der Waals surface area contributed by atoms with Crippen LogP contribution in [0.3, 0.4) is 0 Å². The van der Waals surface area contributed by atoms with Gasteiger partial charge in [-0.15, -0.1) is 0 Å². The number of hydrogen-bond donors (Lipinski definition) is 1. The summed E-state index contributed by atoms with van der Waals surface area (Å²) >= 11 is 0. The molecule has 0 bridgehead atoms. The maximum atomic E-state index is 10.6. The van der Waals surface area contributed by atoms with Gasteiger partial charge in [0.25, 0.3) is 0 Å². The maximum Gasteiger partial charge on any atom is 0.309 e. The molecular formula is C6H13NO3. The molecule has 0 aliphatic carbocycles. The van der Waals surface area contributed by atoms with Crippen molar-refractivity contribution in [3.05, 3.63) is 0 Å². The molecule has 0 heterocycles. The molecule has 10 heavy (non-hydrogen) atoms. The van der Waals surface area contributed by atoms with E-state index >= 15 is 0 Å². The summed E-state index contributed by atoms with van der Waals surface area (Å²) < 4.78 is 9.38. The molecule has 0 aromatic carbocycles. The van der Waals surface area contributed by atoms with Crippen molar-refractivity contribution < 1.29 is 14.3 Å². The van der Waals surface area contributed by atoms with E-state index in [9.17, 15) is 4.79 Å². The van der Waals surface area contributed by atoms with Crippen molar-refractivity contribution in [2.45, 2.75) is 19.6 Å². The Labute approximate surface area is 60.3 Å². The topological polar surface area (TPSA) is 61.5 Å². The highest BCUT2D eigenvalue weighted by Gasteiger charge is 2.05. The quantitative estimate of drug-likeness (QED) is 0.444. The van der Waals surface area contributed by atoms with Crippen LogP contribution in [0, 0.1) is 0 Å². The van der Waals surface area contributed by atoms with Crippen molar-refractivity contribution in [3.8, 4) is 0 Å². The molecule has 1 unspecified atom stereocenters. The van der Waals surface area contributed by atoms with Gasteiger partial charge in [0, 0.05) is 13.7 Å². The smallest absolute Gasteiger partial charge is 0.309 e. The van der Waals surface area contributed by atoms with Crippen LogP contribution in [-0.2, 0) is 14.3 Å². The van der Waals surface area contributed by atoms with Crippen molar-refractivity contribution in [3.63, 3.8) is 0 Å². The summed E-state index contributed by atoms with van der Waals surface area (Å²) in [5, 5.41) is 0. The molecule has 0 fully saturated rings. The Morgan fingerprint density at radius 2 is 2.30 bits per heavy atom. The fraction of sp³-hybridized carbons (Fsp3) is 0.833. The van der Waals surface area contributed by atoms with Gasteiger partial charge < -0.3 is 15.2 Å². The zero-order valence-electron chi connectivity index (χ0n) is 6.29. The molecule has 4 nitrogen and oxygen atoms in total. The minimum atomic E-state index is -0.473. The van der Waals surface area contributed by atoms with Crippen molar-refractivity contribution >= 4 is 5.97 Å². The molecule has 60 valence electrons. The Morgan fingerprint density at radius 1 is 1.70 bits per heavy atom. The van der Waals surface area contributed by atoms with Crippen LogP contribution in [0.5, 0.6) is 0 Å². The van der Waals surface area contributed by atoms with Gasteiger partial charge in [-0.3, -0.25) is 4.79 Å². The Hall–Kier alpha value is -0.610. The van der Waals surface area contributed by atoms with E-state index in [4.69, 9.17) is 10.5 Å². The highest BCUT2D eigenvalue weighted by Crippen LogP contribution is 1.93. The summed E-state index contributed by atoms with van der Waals surface area (Å²) in [7, 11) is 1.47. The summed E-state index contributed by atoms with van der Waals surface area (Å²) in [5.41, 5.74) is 5.10. The van der Waals surface area contributed by atoms with Gasteiger partial charge in [-0.2, -0.15) is 0 Å². The highest BCUT2D eigenvalue weighted by atomic mass is 16.7. The van der Waals surface area contributed by atoms with E-state index in [2.05, 4.69) is 4.74 Å². The minimum Gasteiger partial charge on any atom is -0.436 e. The number of rotatable bonds is 4. The van der Waals surface area contributed by atoms with Crippen molar-refractivity contribution in [1.82, 2.24) is 0 Å². The second-order valence-electron chi connectivity index (χ2n) is 1.83. The second kappa shape index (κ2) is 5.20. The lowest BCUT2D eigenvalue weighted by Gasteiger charge is -2.09. The summed E-state index contributed by atoms with van der Waals surface area (Å²) in [4.78, 5) is 10.6. The van der Waals surface area contributed by atoms with Crippen LogP contribution < -0.4 is 5.73 Å². The first-order chi connectivity index (χ1) is 4.70. The summed E-state index contributed by atoms with van der Waals surface area (Å²) in [6.45, 7) is 1.96. The zero-order chi connectivity index (χ0) is 7.98. The molecule has 0 saturated carbocycles. The van der Waals surface area contributed by atoms with Crippen LogP contribution in [0.25, 0.3) is 0 Å². The van der Waals surface area contributed by atoms with Crippen LogP contribution in [-0.4, -0.2) is 25.9 Å². The van der Waals surface area contributed by atoms with E-state index in [0.717, 1.165) is 0 Å². The lowest BCUT2D eigenvalue weighted by Crippen LogP contribution is -2.18. The average molecular weight is 147 g/mol. The van der Waals surface area contributed by atoms with E-state index in [1.807, 2.05) is 0 Å². The number of carbonyl (C=O) groups excluding carboxylic acids is 1. The molecule has 0 aliphatic rings. The lowest BCUT2D eigenvalue weighted by atomic mass is 10.4. The first-order valence-corrected chi connectivity index (χ1v) is 3.13. The molecule has 2 N–H and O–H groups in total. The zero-order valence-corrected chi connectivity index (χ0v) is 6.29. The predicted molar refractivity (Wildman–Crippen MR) is 36.2 cm³/mol. The van der Waals surface area contributed by atoms with E-state index < -0.39 is 6.29 Å². The molecule has 0 spiro atoms. The second-order valence-corrected chi connectivity index (χ2v) is 1.83. The summed E-state index contributed by atoms with van der Waals surface area (Å²) in [6, 6.07) is 0. The molecule has 0 amide bonds. The molecule has 0 aromatic rings. The molecule has 0 aromatic heterocycles. The number of methoxy groups -OCH3 is 1. The number of hydrogen-bond acceptors (Lipinski definition) is 4. The lowest BCUT2D eigenvalue weighted by molar-refractivity contribution is -0.169. The standard InChI is InChI=1S/C6H13NO3/c1-5(9-2)10-6(8)3-4-7/h5H,3-4,7H2,1-2H3. The third-order valence-corrected chi connectivity index (χ3v) is 0.978. The van der Waals surface area contributed by atoms with Gasteiger partial charge >= 0.3 is 5.97 Å². The van der Waals surface area contributed by atoms with Crippen LogP contribution in [0.4, 0.5) is 0 Å². The first-order valence-electron chi connectivity index (χ1n) is 3.13. The van der Waals surface area contributed by atoms with Crippen LogP contribution in [0.1, 0.15) is 13.3 Å². The third-order valence-electron chi connectivity index (χ3n) is 0.978. The van der Waals surface area contributed by atoms with Gasteiger partial charge in [0.2, 0.25) is 0 Å². The van der Waals surface area contributed by atoms with E-state index in [1.165, 1.54) is 7.11 Å². The van der Waals surface area contributed by atoms with Gasteiger partial charge in [0.15, 0.2) is 6.29 Å². The van der Waals surface area contributed by atoms with Crippen molar-refractivity contribution in [2.75, 3.05) is 13.7 Å². The van der Waals surface area contributed by atoms with Crippen molar-refractivity contribution in [2.24, 2.45) is 5.73 Å². The largest absolute Gasteiger partial charge is 0.436 e. The van der Waals surface area contributed by atoms with Gasteiger partial charge in [0.05, 0.1) is 6.42 Å². The van der Waals surface area contributed by atoms with Crippen LogP contribution >= 0.6 is 0 Å². The number of esters is 1. The number of carbonyl (C=O) groups is 1. The molecule has 1 atom stereocenters. The fourth-order valence-electron chi connectivity index (χ4n) is 0.410. The van der Waals surface area contributed by atoms with Crippen LogP contribution in [0.15, 0.2) is 0 Å². The molecular weight excluding hydrogens is 134 g/mol. The normalized spacial score (nSPS) is 12.7. The van der Waals surface area contributed by atoms with Crippen molar-refractivity contribution in [1.29, 1.82) is 0 Å².